The number of carbonyl (C=O) groups excluding carboxylic acids is 3. The molecule has 0 unspecified atom stereocenters. The van der Waals surface area contributed by atoms with E-state index in [1.165, 1.54) is 0 Å². The first-order valence-corrected chi connectivity index (χ1v) is 10.9. The summed E-state index contributed by atoms with van der Waals surface area (Å²) in [6, 6.07) is 3.03. The van der Waals surface area contributed by atoms with Crippen LogP contribution < -0.4 is 10.1 Å². The molecule has 0 radical (unpaired) electrons. The number of amides is 3. The van der Waals surface area contributed by atoms with E-state index in [2.05, 4.69) is 10.3 Å². The fourth-order valence-electron chi connectivity index (χ4n) is 4.23. The molecule has 170 valence electrons. The van der Waals surface area contributed by atoms with Crippen molar-refractivity contribution in [2.45, 2.75) is 44.8 Å². The van der Waals surface area contributed by atoms with Gasteiger partial charge in [0.25, 0.3) is 0 Å². The number of nitrogens with one attached hydrogen (secondary N) is 1. The fourth-order valence-corrected chi connectivity index (χ4v) is 4.23. The lowest BCUT2D eigenvalue weighted by Crippen LogP contribution is -2.47. The van der Waals surface area contributed by atoms with Gasteiger partial charge in [-0.3, -0.25) is 19.4 Å². The van der Waals surface area contributed by atoms with Crippen LogP contribution in [0.25, 0.3) is 0 Å². The predicted octanol–water partition coefficient (Wildman–Crippen LogP) is 0.841. The van der Waals surface area contributed by atoms with E-state index in [0.717, 1.165) is 12.8 Å². The molecular formula is C22H32N4O5. The molecule has 1 N–H and O–H groups in total. The monoisotopic (exact) mass is 432 g/mol. The smallest absolute Gasteiger partial charge is 0.243 e. The van der Waals surface area contributed by atoms with Crippen molar-refractivity contribution in [1.82, 2.24) is 20.1 Å². The molecule has 2 atom stereocenters. The Labute approximate surface area is 183 Å². The molecule has 9 heteroatoms. The van der Waals surface area contributed by atoms with E-state index in [4.69, 9.17) is 9.47 Å². The zero-order chi connectivity index (χ0) is 22.2. The molecule has 0 aromatic carbocycles. The summed E-state index contributed by atoms with van der Waals surface area (Å²) in [4.78, 5) is 45.0. The van der Waals surface area contributed by atoms with Crippen molar-refractivity contribution in [2.24, 2.45) is 5.92 Å². The van der Waals surface area contributed by atoms with Crippen molar-refractivity contribution in [2.75, 3.05) is 39.9 Å². The molecular weight excluding hydrogens is 400 g/mol. The number of methoxy groups -OCH3 is 1. The third-order valence-electron chi connectivity index (χ3n) is 5.95. The number of carbonyl (C=O) groups is 3. The molecule has 0 aliphatic carbocycles. The van der Waals surface area contributed by atoms with Crippen LogP contribution in [0.4, 0.5) is 0 Å². The van der Waals surface area contributed by atoms with Gasteiger partial charge in [0.1, 0.15) is 17.9 Å². The number of likely N-dealkylation sites (tertiary alicyclic amines) is 2. The highest BCUT2D eigenvalue weighted by Crippen LogP contribution is 2.27. The van der Waals surface area contributed by atoms with Crippen molar-refractivity contribution in [3.63, 3.8) is 0 Å². The highest BCUT2D eigenvalue weighted by atomic mass is 16.5. The summed E-state index contributed by atoms with van der Waals surface area (Å²) in [6.07, 6.45) is 5.45. The minimum Gasteiger partial charge on any atom is -0.487 e. The molecule has 3 heterocycles. The molecule has 0 bridgehead atoms. The van der Waals surface area contributed by atoms with Crippen LogP contribution in [0.5, 0.6) is 5.75 Å². The van der Waals surface area contributed by atoms with Gasteiger partial charge in [0.15, 0.2) is 0 Å². The van der Waals surface area contributed by atoms with Crippen LogP contribution in [0.1, 0.15) is 32.6 Å². The molecule has 3 amide bonds. The number of aromatic nitrogens is 1. The van der Waals surface area contributed by atoms with Crippen molar-refractivity contribution in [1.29, 1.82) is 0 Å². The summed E-state index contributed by atoms with van der Waals surface area (Å²) in [5.41, 5.74) is 0. The highest BCUT2D eigenvalue weighted by molar-refractivity contribution is 5.88. The van der Waals surface area contributed by atoms with Crippen LogP contribution in [0, 0.1) is 5.92 Å². The van der Waals surface area contributed by atoms with Gasteiger partial charge in [-0.15, -0.1) is 0 Å². The van der Waals surface area contributed by atoms with Crippen molar-refractivity contribution < 1.29 is 23.9 Å². The van der Waals surface area contributed by atoms with Crippen LogP contribution in [0.3, 0.4) is 0 Å². The number of ether oxygens (including phenoxy) is 2. The maximum Gasteiger partial charge on any atom is 0.243 e. The van der Waals surface area contributed by atoms with E-state index in [0.29, 0.717) is 51.4 Å². The molecule has 2 aliphatic heterocycles. The van der Waals surface area contributed by atoms with E-state index >= 15 is 0 Å². The Morgan fingerprint density at radius 3 is 2.68 bits per heavy atom. The lowest BCUT2D eigenvalue weighted by atomic mass is 9.93. The zero-order valence-electron chi connectivity index (χ0n) is 18.3. The Morgan fingerprint density at radius 2 is 2.03 bits per heavy atom. The molecule has 1 aromatic heterocycles. The second-order valence-electron chi connectivity index (χ2n) is 8.16. The number of piperidine rings is 1. The molecule has 2 aliphatic rings. The lowest BCUT2D eigenvalue weighted by molar-refractivity contribution is -0.139. The largest absolute Gasteiger partial charge is 0.487 e. The highest BCUT2D eigenvalue weighted by Gasteiger charge is 2.41. The first kappa shape index (κ1) is 23.0. The Kier molecular flexibility index (Phi) is 8.22. The first-order valence-electron chi connectivity index (χ1n) is 10.9. The summed E-state index contributed by atoms with van der Waals surface area (Å²) in [5, 5.41) is 2.85. The van der Waals surface area contributed by atoms with Crippen LogP contribution in [0.15, 0.2) is 24.5 Å². The third kappa shape index (κ3) is 6.40. The van der Waals surface area contributed by atoms with Gasteiger partial charge in [-0.25, -0.2) is 0 Å². The van der Waals surface area contributed by atoms with E-state index in [1.807, 2.05) is 11.0 Å². The molecule has 0 saturated carbocycles. The predicted molar refractivity (Wildman–Crippen MR) is 113 cm³/mol. The van der Waals surface area contributed by atoms with Crippen molar-refractivity contribution >= 4 is 17.7 Å². The molecule has 9 nitrogen and oxygen atoms in total. The van der Waals surface area contributed by atoms with Crippen molar-refractivity contribution in [3.05, 3.63) is 24.5 Å². The Morgan fingerprint density at radius 1 is 1.26 bits per heavy atom. The first-order chi connectivity index (χ1) is 15.0. The van der Waals surface area contributed by atoms with Gasteiger partial charge < -0.3 is 24.6 Å². The van der Waals surface area contributed by atoms with E-state index in [1.54, 1.807) is 37.4 Å². The zero-order valence-corrected chi connectivity index (χ0v) is 18.3. The standard InChI is InChI=1S/C22H32N4O5/c1-16(27)25-9-5-17(6-10-25)12-21(28)26-15-19(31-18-4-3-7-23-14-18)13-20(26)22(29)24-8-11-30-2/h3-4,7,14,17,19-20H,5-6,8-13,15H2,1-2H3,(H,24,29)/t19-,20-/m0/s1. The van der Waals surface area contributed by atoms with Crippen LogP contribution >= 0.6 is 0 Å². The van der Waals surface area contributed by atoms with Crippen molar-refractivity contribution in [3.8, 4) is 5.75 Å². The molecule has 3 rings (SSSR count). The summed E-state index contributed by atoms with van der Waals surface area (Å²) in [5.74, 6) is 0.697. The second-order valence-corrected chi connectivity index (χ2v) is 8.16. The number of hydrogen-bond acceptors (Lipinski definition) is 6. The Balaban J connectivity index is 1.61. The van der Waals surface area contributed by atoms with Gasteiger partial charge in [0, 0.05) is 52.7 Å². The summed E-state index contributed by atoms with van der Waals surface area (Å²) in [6.45, 7) is 4.11. The van der Waals surface area contributed by atoms with Gasteiger partial charge >= 0.3 is 0 Å². The maximum absolute atomic E-state index is 13.1. The Hall–Kier alpha value is -2.68. The molecule has 31 heavy (non-hydrogen) atoms. The normalized spacial score (nSPS) is 21.7. The van der Waals surface area contributed by atoms with Crippen LogP contribution in [-0.2, 0) is 19.1 Å². The van der Waals surface area contributed by atoms with Gasteiger partial charge in [0.2, 0.25) is 17.7 Å². The minimum absolute atomic E-state index is 0.0366. The number of pyridine rings is 1. The lowest BCUT2D eigenvalue weighted by Gasteiger charge is -2.32. The SMILES string of the molecule is COCCNC(=O)[C@@H]1C[C@H](Oc2cccnc2)CN1C(=O)CC1CCN(C(C)=O)CC1. The third-order valence-corrected chi connectivity index (χ3v) is 5.95. The van der Waals surface area contributed by atoms with E-state index < -0.39 is 6.04 Å². The van der Waals surface area contributed by atoms with Gasteiger partial charge in [-0.2, -0.15) is 0 Å². The average molecular weight is 433 g/mol. The quantitative estimate of drug-likeness (QED) is 0.611. The maximum atomic E-state index is 13.1. The molecule has 0 spiro atoms. The van der Waals surface area contributed by atoms with E-state index in [9.17, 15) is 14.4 Å². The van der Waals surface area contributed by atoms with Gasteiger partial charge in [-0.05, 0) is 30.9 Å². The minimum atomic E-state index is -0.566. The number of rotatable bonds is 8. The number of nitrogens with zero attached hydrogens (tertiary/aromatic N) is 3. The van der Waals surface area contributed by atoms with Gasteiger partial charge in [-0.1, -0.05) is 0 Å². The van der Waals surface area contributed by atoms with Gasteiger partial charge in [0.05, 0.1) is 19.3 Å². The van der Waals surface area contributed by atoms with E-state index in [-0.39, 0.29) is 29.7 Å². The molecule has 2 saturated heterocycles. The average Bonchev–Trinajstić information content (AvgIpc) is 3.19. The number of hydrogen-bond donors (Lipinski definition) is 1. The summed E-state index contributed by atoms with van der Waals surface area (Å²) >= 11 is 0. The van der Waals surface area contributed by atoms with Crippen LogP contribution in [0.2, 0.25) is 0 Å². The van der Waals surface area contributed by atoms with Crippen LogP contribution in [-0.4, -0.2) is 84.5 Å². The fraction of sp³-hybridized carbons (Fsp3) is 0.636. The molecule has 2 fully saturated rings. The topological polar surface area (TPSA) is 101 Å². The second kappa shape index (κ2) is 11.1. The summed E-state index contributed by atoms with van der Waals surface area (Å²) < 4.78 is 11.0. The molecule has 1 aromatic rings. The Bertz CT molecular complexity index is 752. The summed E-state index contributed by atoms with van der Waals surface area (Å²) in [7, 11) is 1.58.